The van der Waals surface area contributed by atoms with Crippen LogP contribution in [0.2, 0.25) is 0 Å². The molecule has 0 radical (unpaired) electrons. The van der Waals surface area contributed by atoms with Crippen molar-refractivity contribution in [3.8, 4) is 11.3 Å². The molecule has 0 bridgehead atoms. The Morgan fingerprint density at radius 3 is 2.58 bits per heavy atom. The third-order valence-electron chi connectivity index (χ3n) is 4.00. The van der Waals surface area contributed by atoms with E-state index in [1.165, 1.54) is 11.6 Å². The second kappa shape index (κ2) is 7.74. The minimum absolute atomic E-state index is 0.171. The molecule has 0 spiro atoms. The number of nitrogens with one attached hydrogen (secondary N) is 1. The summed E-state index contributed by atoms with van der Waals surface area (Å²) in [6.07, 6.45) is 2.58. The van der Waals surface area contributed by atoms with E-state index in [9.17, 15) is 9.59 Å². The third-order valence-corrected chi connectivity index (χ3v) is 4.00. The van der Waals surface area contributed by atoms with Crippen LogP contribution in [0.25, 0.3) is 11.3 Å². The Morgan fingerprint density at radius 2 is 1.88 bits per heavy atom. The molecular weight excluding hydrogens is 328 g/mol. The van der Waals surface area contributed by atoms with Gasteiger partial charge in [-0.05, 0) is 42.7 Å². The minimum atomic E-state index is -0.351. The van der Waals surface area contributed by atoms with E-state index in [0.29, 0.717) is 11.5 Å². The van der Waals surface area contributed by atoms with Crippen molar-refractivity contribution in [2.75, 3.05) is 5.32 Å². The Morgan fingerprint density at radius 1 is 1.12 bits per heavy atom. The van der Waals surface area contributed by atoms with Gasteiger partial charge in [-0.25, -0.2) is 9.67 Å². The summed E-state index contributed by atoms with van der Waals surface area (Å²) in [7, 11) is 0. The molecule has 0 saturated heterocycles. The lowest BCUT2D eigenvalue weighted by Gasteiger charge is -2.08. The van der Waals surface area contributed by atoms with Crippen molar-refractivity contribution in [2.45, 2.75) is 26.8 Å². The minimum Gasteiger partial charge on any atom is -0.309 e. The summed E-state index contributed by atoms with van der Waals surface area (Å²) in [5, 5.41) is 7.00. The van der Waals surface area contributed by atoms with Gasteiger partial charge in [0.2, 0.25) is 5.91 Å². The van der Waals surface area contributed by atoms with E-state index in [1.54, 1.807) is 18.3 Å². The second-order valence-corrected chi connectivity index (χ2v) is 6.03. The number of rotatable bonds is 5. The number of aryl methyl sites for hydroxylation is 2. The molecule has 0 aliphatic carbocycles. The summed E-state index contributed by atoms with van der Waals surface area (Å²) in [6.45, 7) is 3.83. The molecule has 0 aliphatic rings. The fraction of sp³-hybridized carbons (Fsp3) is 0.200. The Labute approximate surface area is 151 Å². The van der Waals surface area contributed by atoms with Crippen LogP contribution in [0.15, 0.2) is 59.5 Å². The maximum absolute atomic E-state index is 12.2. The van der Waals surface area contributed by atoms with Gasteiger partial charge in [-0.3, -0.25) is 9.59 Å². The quantitative estimate of drug-likeness (QED) is 0.769. The van der Waals surface area contributed by atoms with Crippen LogP contribution in [0.5, 0.6) is 0 Å². The highest BCUT2D eigenvalue weighted by Gasteiger charge is 2.09. The molecule has 1 amide bonds. The predicted molar refractivity (Wildman–Crippen MR) is 101 cm³/mol. The number of aromatic nitrogens is 3. The number of amides is 1. The first-order chi connectivity index (χ1) is 12.5. The van der Waals surface area contributed by atoms with Gasteiger partial charge in [0.25, 0.3) is 5.56 Å². The highest BCUT2D eigenvalue weighted by molar-refractivity contribution is 5.89. The monoisotopic (exact) mass is 348 g/mol. The van der Waals surface area contributed by atoms with Crippen molar-refractivity contribution in [3.05, 3.63) is 76.2 Å². The Hall–Kier alpha value is -3.28. The normalized spacial score (nSPS) is 10.5. The maximum atomic E-state index is 12.2. The molecule has 6 heteroatoms. The van der Waals surface area contributed by atoms with Gasteiger partial charge in [0.05, 0.1) is 5.69 Å². The number of hydrogen-bond acceptors (Lipinski definition) is 4. The number of pyridine rings is 1. The largest absolute Gasteiger partial charge is 0.309 e. The van der Waals surface area contributed by atoms with Crippen LogP contribution in [-0.2, 0) is 17.8 Å². The van der Waals surface area contributed by atoms with Gasteiger partial charge < -0.3 is 5.32 Å². The molecule has 0 unspecified atom stereocenters. The second-order valence-electron chi connectivity index (χ2n) is 6.03. The molecule has 0 atom stereocenters. The molecule has 1 N–H and O–H groups in total. The number of hydrogen-bond donors (Lipinski definition) is 1. The fourth-order valence-electron chi connectivity index (χ4n) is 2.55. The standard InChI is InChI=1S/C20H20N4O2/c1-3-15-4-6-16(7-5-15)17-8-9-20(26)24(23-17)13-19(25)22-18-12-14(2)10-11-21-18/h4-12H,3,13H2,1-2H3,(H,21,22,25). The molecular formula is C20H20N4O2. The number of benzene rings is 1. The van der Waals surface area contributed by atoms with Crippen LogP contribution in [0.1, 0.15) is 18.1 Å². The first-order valence-corrected chi connectivity index (χ1v) is 8.45. The van der Waals surface area contributed by atoms with Gasteiger partial charge in [-0.1, -0.05) is 31.2 Å². The molecule has 6 nitrogen and oxygen atoms in total. The van der Waals surface area contributed by atoms with Crippen LogP contribution in [0.4, 0.5) is 5.82 Å². The molecule has 132 valence electrons. The zero-order chi connectivity index (χ0) is 18.5. The molecule has 1 aromatic carbocycles. The molecule has 0 aliphatic heterocycles. The van der Waals surface area contributed by atoms with Crippen molar-refractivity contribution in [1.29, 1.82) is 0 Å². The topological polar surface area (TPSA) is 76.9 Å². The van der Waals surface area contributed by atoms with Crippen molar-refractivity contribution >= 4 is 11.7 Å². The number of carbonyl (C=O) groups is 1. The van der Waals surface area contributed by atoms with Crippen molar-refractivity contribution in [2.24, 2.45) is 0 Å². The number of carbonyl (C=O) groups excluding carboxylic acids is 1. The van der Waals surface area contributed by atoms with Crippen LogP contribution in [0.3, 0.4) is 0 Å². The van der Waals surface area contributed by atoms with Gasteiger partial charge in [0.1, 0.15) is 12.4 Å². The zero-order valence-corrected chi connectivity index (χ0v) is 14.8. The van der Waals surface area contributed by atoms with Gasteiger partial charge in [0, 0.05) is 17.8 Å². The van der Waals surface area contributed by atoms with Crippen LogP contribution in [0, 0.1) is 6.92 Å². The Kier molecular flexibility index (Phi) is 5.22. The maximum Gasteiger partial charge on any atom is 0.267 e. The van der Waals surface area contributed by atoms with E-state index in [2.05, 4.69) is 22.3 Å². The van der Waals surface area contributed by atoms with E-state index >= 15 is 0 Å². The van der Waals surface area contributed by atoms with Crippen LogP contribution in [-0.4, -0.2) is 20.7 Å². The summed E-state index contributed by atoms with van der Waals surface area (Å²) in [4.78, 5) is 28.4. The van der Waals surface area contributed by atoms with E-state index in [0.717, 1.165) is 22.2 Å². The predicted octanol–water partition coefficient (Wildman–Crippen LogP) is 2.81. The summed E-state index contributed by atoms with van der Waals surface area (Å²) in [5.41, 5.74) is 3.44. The lowest BCUT2D eigenvalue weighted by molar-refractivity contribution is -0.117. The van der Waals surface area contributed by atoms with Crippen molar-refractivity contribution in [3.63, 3.8) is 0 Å². The third kappa shape index (κ3) is 4.22. The fourth-order valence-corrected chi connectivity index (χ4v) is 2.55. The molecule has 3 rings (SSSR count). The van der Waals surface area contributed by atoms with Crippen LogP contribution < -0.4 is 10.9 Å². The van der Waals surface area contributed by atoms with E-state index in [4.69, 9.17) is 0 Å². The average molecular weight is 348 g/mol. The lowest BCUT2D eigenvalue weighted by atomic mass is 10.1. The lowest BCUT2D eigenvalue weighted by Crippen LogP contribution is -2.29. The van der Waals surface area contributed by atoms with Gasteiger partial charge >= 0.3 is 0 Å². The van der Waals surface area contributed by atoms with E-state index in [-0.39, 0.29) is 18.0 Å². The van der Waals surface area contributed by atoms with E-state index in [1.807, 2.05) is 37.3 Å². The molecule has 0 fully saturated rings. The number of anilines is 1. The summed E-state index contributed by atoms with van der Waals surface area (Å²) < 4.78 is 1.16. The van der Waals surface area contributed by atoms with Crippen LogP contribution >= 0.6 is 0 Å². The zero-order valence-electron chi connectivity index (χ0n) is 14.8. The first-order valence-electron chi connectivity index (χ1n) is 8.45. The molecule has 2 aromatic heterocycles. The Balaban J connectivity index is 1.79. The number of nitrogens with zero attached hydrogens (tertiary/aromatic N) is 3. The van der Waals surface area contributed by atoms with Crippen molar-refractivity contribution < 1.29 is 4.79 Å². The summed E-state index contributed by atoms with van der Waals surface area (Å²) in [5.74, 6) is 0.102. The van der Waals surface area contributed by atoms with Gasteiger partial charge in [-0.15, -0.1) is 0 Å². The first kappa shape index (κ1) is 17.5. The van der Waals surface area contributed by atoms with Crippen molar-refractivity contribution in [1.82, 2.24) is 14.8 Å². The molecule has 0 saturated carbocycles. The summed E-state index contributed by atoms with van der Waals surface area (Å²) in [6, 6.07) is 14.7. The highest BCUT2D eigenvalue weighted by Crippen LogP contribution is 2.16. The Bertz CT molecular complexity index is 978. The molecule has 3 aromatic rings. The summed E-state index contributed by atoms with van der Waals surface area (Å²) >= 11 is 0. The molecule has 26 heavy (non-hydrogen) atoms. The highest BCUT2D eigenvalue weighted by atomic mass is 16.2. The smallest absolute Gasteiger partial charge is 0.267 e. The SMILES string of the molecule is CCc1ccc(-c2ccc(=O)n(CC(=O)Nc3cc(C)ccn3)n2)cc1. The van der Waals surface area contributed by atoms with E-state index < -0.39 is 0 Å². The average Bonchev–Trinajstić information content (AvgIpc) is 2.63. The molecule has 2 heterocycles. The van der Waals surface area contributed by atoms with Gasteiger partial charge in [0.15, 0.2) is 0 Å². The van der Waals surface area contributed by atoms with Gasteiger partial charge in [-0.2, -0.15) is 5.10 Å².